The third-order valence-corrected chi connectivity index (χ3v) is 5.84. The molecule has 28 heavy (non-hydrogen) atoms. The number of methoxy groups -OCH3 is 1. The fourth-order valence-electron chi connectivity index (χ4n) is 3.29. The summed E-state index contributed by atoms with van der Waals surface area (Å²) in [5.74, 6) is -0.849. The van der Waals surface area contributed by atoms with E-state index >= 15 is 0 Å². The molecule has 1 saturated heterocycles. The van der Waals surface area contributed by atoms with Gasteiger partial charge in [0.25, 0.3) is 11.8 Å². The number of ether oxygens (including phenoxy) is 1. The van der Waals surface area contributed by atoms with Gasteiger partial charge in [-0.05, 0) is 18.2 Å². The molecule has 2 heterocycles. The zero-order valence-corrected chi connectivity index (χ0v) is 16.6. The number of carbonyl (C=O) groups excluding carboxylic acids is 3. The Balaban J connectivity index is 1.87. The van der Waals surface area contributed by atoms with Crippen molar-refractivity contribution in [1.29, 1.82) is 0 Å². The second-order valence-corrected chi connectivity index (χ2v) is 7.71. The van der Waals surface area contributed by atoms with Crippen LogP contribution in [0.25, 0.3) is 5.57 Å². The number of carbonyl (C=O) groups is 3. The van der Waals surface area contributed by atoms with E-state index in [2.05, 4.69) is 0 Å². The van der Waals surface area contributed by atoms with Crippen molar-refractivity contribution in [1.82, 2.24) is 0 Å². The van der Waals surface area contributed by atoms with Crippen molar-refractivity contribution in [3.8, 4) is 5.75 Å². The van der Waals surface area contributed by atoms with Crippen molar-refractivity contribution >= 4 is 63.0 Å². The number of rotatable bonds is 2. The number of para-hydroxylation sites is 3. The van der Waals surface area contributed by atoms with Gasteiger partial charge in [0.2, 0.25) is 5.91 Å². The van der Waals surface area contributed by atoms with Gasteiger partial charge in [0.1, 0.15) is 5.75 Å². The van der Waals surface area contributed by atoms with E-state index in [1.54, 1.807) is 48.5 Å². The van der Waals surface area contributed by atoms with E-state index in [0.29, 0.717) is 27.0 Å². The van der Waals surface area contributed by atoms with Crippen molar-refractivity contribution in [2.75, 3.05) is 16.9 Å². The lowest BCUT2D eigenvalue weighted by Gasteiger charge is -2.17. The topological polar surface area (TPSA) is 66.9 Å². The summed E-state index contributed by atoms with van der Waals surface area (Å²) in [6.45, 7) is 1.32. The fraction of sp³-hybridized carbons (Fsp3) is 0.100. The molecular weight excluding hydrogens is 396 g/mol. The monoisotopic (exact) mass is 410 g/mol. The van der Waals surface area contributed by atoms with Crippen LogP contribution in [0.5, 0.6) is 5.75 Å². The Morgan fingerprint density at radius 1 is 1.00 bits per heavy atom. The minimum absolute atomic E-state index is 0.195. The van der Waals surface area contributed by atoms with Crippen molar-refractivity contribution in [3.63, 3.8) is 0 Å². The molecule has 2 aliphatic rings. The Labute approximate surface area is 170 Å². The quantitative estimate of drug-likeness (QED) is 0.559. The van der Waals surface area contributed by atoms with Crippen LogP contribution in [-0.4, -0.2) is 29.2 Å². The Kier molecular flexibility index (Phi) is 4.52. The summed E-state index contributed by atoms with van der Waals surface area (Å²) in [4.78, 5) is 40.9. The number of imide groups is 1. The molecule has 0 N–H and O–H groups in total. The first-order chi connectivity index (χ1) is 13.5. The number of benzene rings is 2. The molecule has 2 aromatic carbocycles. The Morgan fingerprint density at radius 3 is 2.32 bits per heavy atom. The first kappa shape index (κ1) is 18.4. The van der Waals surface area contributed by atoms with Gasteiger partial charge < -0.3 is 4.74 Å². The Bertz CT molecular complexity index is 1090. The highest BCUT2D eigenvalue weighted by Gasteiger charge is 2.44. The van der Waals surface area contributed by atoms with Crippen molar-refractivity contribution in [2.45, 2.75) is 6.92 Å². The molecule has 4 rings (SSSR count). The highest BCUT2D eigenvalue weighted by Crippen LogP contribution is 2.46. The molecule has 140 valence electrons. The summed E-state index contributed by atoms with van der Waals surface area (Å²) in [5, 5.41) is 0. The third-order valence-electron chi connectivity index (χ3n) is 4.47. The molecule has 0 atom stereocenters. The van der Waals surface area contributed by atoms with Gasteiger partial charge in [0, 0.05) is 12.5 Å². The van der Waals surface area contributed by atoms with E-state index in [-0.39, 0.29) is 10.5 Å². The second kappa shape index (κ2) is 6.88. The second-order valence-electron chi connectivity index (χ2n) is 6.06. The molecule has 2 aliphatic heterocycles. The molecule has 0 saturated carbocycles. The van der Waals surface area contributed by atoms with Crippen molar-refractivity contribution in [3.05, 3.63) is 59.0 Å². The lowest BCUT2D eigenvalue weighted by molar-refractivity contribution is -0.122. The van der Waals surface area contributed by atoms with E-state index in [9.17, 15) is 14.4 Å². The van der Waals surface area contributed by atoms with Gasteiger partial charge in [-0.15, -0.1) is 0 Å². The summed E-state index contributed by atoms with van der Waals surface area (Å²) in [6, 6.07) is 13.9. The summed E-state index contributed by atoms with van der Waals surface area (Å²) < 4.78 is 5.64. The molecule has 0 aliphatic carbocycles. The molecule has 0 unspecified atom stereocenters. The van der Waals surface area contributed by atoms with Gasteiger partial charge in [-0.2, -0.15) is 0 Å². The number of thioether (sulfide) groups is 1. The Morgan fingerprint density at radius 2 is 1.64 bits per heavy atom. The maximum absolute atomic E-state index is 13.3. The maximum atomic E-state index is 13.3. The molecule has 2 aromatic rings. The smallest absolute Gasteiger partial charge is 0.271 e. The molecule has 6 nitrogen and oxygen atoms in total. The first-order valence-corrected chi connectivity index (χ1v) is 9.56. The number of hydrogen-bond donors (Lipinski definition) is 0. The molecule has 3 amide bonds. The highest BCUT2D eigenvalue weighted by molar-refractivity contribution is 8.27. The average molecular weight is 410 g/mol. The summed E-state index contributed by atoms with van der Waals surface area (Å²) in [6.07, 6.45) is 0. The number of nitrogens with zero attached hydrogens (tertiary/aromatic N) is 2. The number of thiocarbonyl (C=S) groups is 1. The largest absolute Gasteiger partial charge is 0.495 e. The van der Waals surface area contributed by atoms with Crippen LogP contribution in [-0.2, 0) is 14.4 Å². The van der Waals surface area contributed by atoms with Gasteiger partial charge in [-0.1, -0.05) is 54.3 Å². The number of fused-ring (bicyclic) bond motifs is 1. The van der Waals surface area contributed by atoms with Crippen LogP contribution in [0.2, 0.25) is 0 Å². The van der Waals surface area contributed by atoms with Crippen LogP contribution in [0.15, 0.2) is 53.4 Å². The van der Waals surface area contributed by atoms with E-state index in [0.717, 1.165) is 16.7 Å². The van der Waals surface area contributed by atoms with E-state index in [4.69, 9.17) is 17.0 Å². The summed E-state index contributed by atoms with van der Waals surface area (Å²) >= 11 is 6.47. The lowest BCUT2D eigenvalue weighted by atomic mass is 10.1. The van der Waals surface area contributed by atoms with E-state index < -0.39 is 17.7 Å². The van der Waals surface area contributed by atoms with Crippen LogP contribution >= 0.6 is 24.0 Å². The van der Waals surface area contributed by atoms with Crippen molar-refractivity contribution in [2.24, 2.45) is 0 Å². The molecule has 0 bridgehead atoms. The van der Waals surface area contributed by atoms with E-state index in [1.165, 1.54) is 18.9 Å². The zero-order chi connectivity index (χ0) is 20.0. The number of amides is 3. The molecule has 8 heteroatoms. The van der Waals surface area contributed by atoms with Crippen LogP contribution in [0.3, 0.4) is 0 Å². The fourth-order valence-corrected chi connectivity index (χ4v) is 4.65. The zero-order valence-electron chi connectivity index (χ0n) is 15.0. The normalized spacial score (nSPS) is 18.7. The van der Waals surface area contributed by atoms with Gasteiger partial charge in [0.05, 0.1) is 29.0 Å². The summed E-state index contributed by atoms with van der Waals surface area (Å²) in [7, 11) is 1.51. The third kappa shape index (κ3) is 2.64. The molecule has 0 spiro atoms. The van der Waals surface area contributed by atoms with Gasteiger partial charge in [0.15, 0.2) is 4.32 Å². The standard InChI is InChI=1S/C20H14N2O4S2/c1-11(23)21-13-8-4-3-7-12(13)16(18(21)24)17-19(25)22(20(27)28-17)14-9-5-6-10-15(14)26-2/h3-10H,1-2H3/b17-16+. The van der Waals surface area contributed by atoms with Crippen molar-refractivity contribution < 1.29 is 19.1 Å². The van der Waals surface area contributed by atoms with Gasteiger partial charge in [-0.25, -0.2) is 4.90 Å². The van der Waals surface area contributed by atoms with Gasteiger partial charge in [-0.3, -0.25) is 19.3 Å². The van der Waals surface area contributed by atoms with Gasteiger partial charge >= 0.3 is 0 Å². The lowest BCUT2D eigenvalue weighted by Crippen LogP contribution is -2.32. The molecule has 1 fully saturated rings. The highest BCUT2D eigenvalue weighted by atomic mass is 32.2. The molecule has 0 radical (unpaired) electrons. The predicted octanol–water partition coefficient (Wildman–Crippen LogP) is 3.36. The van der Waals surface area contributed by atoms with Crippen LogP contribution in [0.4, 0.5) is 11.4 Å². The first-order valence-electron chi connectivity index (χ1n) is 8.33. The SMILES string of the molecule is COc1ccccc1N1C(=O)/C(=C2\C(=O)N(C(C)=O)c3ccccc32)SC1=S. The predicted molar refractivity (Wildman–Crippen MR) is 112 cm³/mol. The number of anilines is 2. The van der Waals surface area contributed by atoms with Crippen LogP contribution in [0, 0.1) is 0 Å². The Hall–Kier alpha value is -2.97. The molecule has 0 aromatic heterocycles. The number of hydrogen-bond acceptors (Lipinski definition) is 6. The maximum Gasteiger partial charge on any atom is 0.271 e. The minimum Gasteiger partial charge on any atom is -0.495 e. The van der Waals surface area contributed by atoms with Crippen LogP contribution in [0.1, 0.15) is 12.5 Å². The van der Waals surface area contributed by atoms with Crippen LogP contribution < -0.4 is 14.5 Å². The molecular formula is C20H14N2O4S2. The van der Waals surface area contributed by atoms with E-state index in [1.807, 2.05) is 0 Å². The minimum atomic E-state index is -0.519. The summed E-state index contributed by atoms with van der Waals surface area (Å²) in [5.41, 5.74) is 1.71. The average Bonchev–Trinajstić information content (AvgIpc) is 3.13.